The van der Waals surface area contributed by atoms with Crippen molar-refractivity contribution in [3.8, 4) is 0 Å². The second-order valence-electron chi connectivity index (χ2n) is 0.517. The van der Waals surface area contributed by atoms with Gasteiger partial charge in [-0.3, -0.25) is 0 Å². The second kappa shape index (κ2) is 7.14. The third kappa shape index (κ3) is 95.3. The van der Waals surface area contributed by atoms with Crippen LogP contribution in [-0.4, -0.2) is 0 Å². The Morgan fingerprint density at radius 3 is 0.400 bits per heavy atom. The van der Waals surface area contributed by atoms with Crippen molar-refractivity contribution in [2.45, 2.75) is 0 Å². The Hall–Kier alpha value is 3.80. The first-order chi connectivity index (χ1) is 4.00. The molecule has 10 heavy (non-hydrogen) atoms. The van der Waals surface area contributed by atoms with Gasteiger partial charge in [0.15, 0.2) is 0 Å². The Morgan fingerprint density at radius 1 is 0.400 bits per heavy atom. The molecule has 0 aliphatic carbocycles. The van der Waals surface area contributed by atoms with Gasteiger partial charge in [0, 0.05) is 0 Å². The molecule has 0 radical (unpaired) electrons. The molecular weight excluding hydrogens is 678 g/mol. The number of halogens is 8. The predicted molar refractivity (Wildman–Crippen MR) is 46.8 cm³/mol. The van der Waals surface area contributed by atoms with Crippen LogP contribution in [0.3, 0.4) is 0 Å². The molecule has 78 valence electrons. The van der Waals surface area contributed by atoms with E-state index in [1.165, 1.54) is 0 Å². The van der Waals surface area contributed by atoms with Gasteiger partial charge in [-0.25, -0.2) is 0 Å². The minimum absolute atomic E-state index is 3.00. The molecule has 0 aromatic carbocycles. The molecule has 0 heterocycles. The fraction of sp³-hybridized carbons (Fsp3) is 0. The van der Waals surface area contributed by atoms with Crippen molar-refractivity contribution >= 4 is 73.5 Å². The Bertz CT molecular complexity index is 50.2. The molecule has 0 bridgehead atoms. The van der Waals surface area contributed by atoms with Gasteiger partial charge in [0.25, 0.3) is 0 Å². The van der Waals surface area contributed by atoms with Crippen molar-refractivity contribution in [1.29, 1.82) is 0 Å². The van der Waals surface area contributed by atoms with Crippen LogP contribution in [0.5, 0.6) is 0 Å². The van der Waals surface area contributed by atoms with Crippen LogP contribution in [0.15, 0.2) is 0 Å². The average Bonchev–Trinajstić information content (AvgIpc) is 1.12. The van der Waals surface area contributed by atoms with Crippen molar-refractivity contribution in [2.24, 2.45) is 0 Å². The van der Waals surface area contributed by atoms with Crippen LogP contribution in [0.1, 0.15) is 0 Å². The molecule has 0 N–H and O–H groups in total. The van der Waals surface area contributed by atoms with Crippen LogP contribution in [0.25, 0.3) is 0 Å². The molecule has 0 saturated heterocycles. The van der Waals surface area contributed by atoms with Crippen LogP contribution in [0.4, 0.5) is 0 Å². The van der Waals surface area contributed by atoms with E-state index in [9.17, 15) is 0 Å². The summed E-state index contributed by atoms with van der Waals surface area (Å²) < 4.78 is 0. The topological polar surface area (TPSA) is 0 Å². The third-order valence-electron chi connectivity index (χ3n) is 0. The van der Waals surface area contributed by atoms with Crippen molar-refractivity contribution in [2.75, 3.05) is 0 Å². The maximum atomic E-state index is 5.00. The Kier molecular flexibility index (Phi) is 11.6. The summed E-state index contributed by atoms with van der Waals surface area (Å²) in [5, 5.41) is 0. The van der Waals surface area contributed by atoms with Crippen molar-refractivity contribution < 1.29 is 25.6 Å². The van der Waals surface area contributed by atoms with E-state index in [1.807, 2.05) is 0 Å². The molecule has 0 aromatic rings. The molecule has 0 saturated carbocycles. The number of rotatable bonds is 0. The summed E-state index contributed by atoms with van der Waals surface area (Å²) in [6.45, 7) is 0. The summed E-state index contributed by atoms with van der Waals surface area (Å²) >= 11 is -6.00. The first kappa shape index (κ1) is 16.2. The zero-order chi connectivity index (χ0) is 9.00. The summed E-state index contributed by atoms with van der Waals surface area (Å²) in [4.78, 5) is 0. The van der Waals surface area contributed by atoms with E-state index in [0.29, 0.717) is 0 Å². The molecule has 0 aromatic heterocycles. The molecule has 0 spiro atoms. The summed E-state index contributed by atoms with van der Waals surface area (Å²) in [6, 6.07) is 0. The van der Waals surface area contributed by atoms with Gasteiger partial charge in [-0.2, -0.15) is 0 Å². The third-order valence-corrected chi connectivity index (χ3v) is 0. The molecule has 0 amide bonds. The molecule has 0 nitrogen and oxygen atoms in total. The van der Waals surface area contributed by atoms with E-state index in [-0.39, 0.29) is 0 Å². The van der Waals surface area contributed by atoms with E-state index in [0.717, 1.165) is 0 Å². The van der Waals surface area contributed by atoms with Crippen LogP contribution in [-0.2, 0) is 25.6 Å². The Labute approximate surface area is 97.0 Å². The minimum atomic E-state index is -3.00. The van der Waals surface area contributed by atoms with E-state index in [1.54, 1.807) is 0 Å². The van der Waals surface area contributed by atoms with Gasteiger partial charge >= 0.3 is 99.1 Å². The summed E-state index contributed by atoms with van der Waals surface area (Å²) in [5.74, 6) is 0. The van der Waals surface area contributed by atoms with E-state index in [4.69, 9.17) is 73.5 Å². The van der Waals surface area contributed by atoms with Gasteiger partial charge in [-0.15, -0.1) is 0 Å². The summed E-state index contributed by atoms with van der Waals surface area (Å²) in [6.07, 6.45) is 0. The molecule has 0 aliphatic rings. The average molecular weight is 678 g/mol. The standard InChI is InChI=1S/2Au.8ClH/h;;8*1H/q2*+4;;;;;;;;/p-8. The maximum absolute atomic E-state index is 5.00. The molecular formula is Au2Cl8. The quantitative estimate of drug-likeness (QED) is 0.297. The van der Waals surface area contributed by atoms with E-state index >= 15 is 0 Å². The molecule has 10 heteroatoms. The molecule has 0 unspecified atom stereocenters. The van der Waals surface area contributed by atoms with E-state index in [2.05, 4.69) is 0 Å². The molecule has 0 aliphatic heterocycles. The second-order valence-corrected chi connectivity index (χ2v) is 38.1. The fourth-order valence-electron chi connectivity index (χ4n) is 0. The van der Waals surface area contributed by atoms with Crippen molar-refractivity contribution in [1.82, 2.24) is 0 Å². The zero-order valence-corrected chi connectivity index (χ0v) is 14.0. The van der Waals surface area contributed by atoms with Gasteiger partial charge in [-0.1, -0.05) is 0 Å². The molecule has 0 fully saturated rings. The van der Waals surface area contributed by atoms with Gasteiger partial charge in [0.1, 0.15) is 0 Å². The summed E-state index contributed by atoms with van der Waals surface area (Å²) in [5.41, 5.74) is 0. The fourth-order valence-corrected chi connectivity index (χ4v) is 0. The first-order valence-corrected chi connectivity index (χ1v) is 22.4. The van der Waals surface area contributed by atoms with Crippen LogP contribution >= 0.6 is 73.5 Å². The van der Waals surface area contributed by atoms with Crippen LogP contribution in [0, 0.1) is 0 Å². The number of hydrogen-bond acceptors (Lipinski definition) is 0. The monoisotopic (exact) mass is 674 g/mol. The van der Waals surface area contributed by atoms with Crippen LogP contribution < -0.4 is 0 Å². The predicted octanol–water partition coefficient (Wildman–Crippen LogP) is 5.51. The normalized spacial score (nSPS) is 15.2. The zero-order valence-electron chi connectivity index (χ0n) is 3.63. The summed E-state index contributed by atoms with van der Waals surface area (Å²) in [7, 11) is 40.0. The van der Waals surface area contributed by atoms with Crippen LogP contribution in [0.2, 0.25) is 0 Å². The van der Waals surface area contributed by atoms with Crippen molar-refractivity contribution in [3.63, 3.8) is 0 Å². The Balaban J connectivity index is 0. The van der Waals surface area contributed by atoms with Gasteiger partial charge < -0.3 is 0 Å². The molecule has 0 atom stereocenters. The van der Waals surface area contributed by atoms with Gasteiger partial charge in [0.05, 0.1) is 0 Å². The van der Waals surface area contributed by atoms with Gasteiger partial charge in [-0.05, 0) is 0 Å². The van der Waals surface area contributed by atoms with Gasteiger partial charge in [0.2, 0.25) is 0 Å². The number of hydrogen-bond donors (Lipinski definition) is 0. The van der Waals surface area contributed by atoms with E-state index < -0.39 is 25.6 Å². The first-order valence-electron chi connectivity index (χ1n) is 0.912. The van der Waals surface area contributed by atoms with Crippen molar-refractivity contribution in [3.05, 3.63) is 0 Å². The SMILES string of the molecule is [Cl][Au]([Cl])([Cl])[Cl].[Cl][Au]([Cl])([Cl])[Cl]. The Morgan fingerprint density at radius 2 is 0.400 bits per heavy atom. The molecule has 0 rings (SSSR count).